The molecule has 1 aromatic rings. The molecular formula is C25H43NO2. The van der Waals surface area contributed by atoms with Gasteiger partial charge in [-0.05, 0) is 37.5 Å². The van der Waals surface area contributed by atoms with Gasteiger partial charge in [-0.1, -0.05) is 96.1 Å². The van der Waals surface area contributed by atoms with Crippen LogP contribution in [-0.4, -0.2) is 12.0 Å². The SMILES string of the molecule is CCCCCCCCCCCCCCCc1cccc(OC(C)CC(N)=O)c1. The van der Waals surface area contributed by atoms with E-state index in [0.717, 1.165) is 12.2 Å². The van der Waals surface area contributed by atoms with Crippen LogP contribution in [0, 0.1) is 0 Å². The summed E-state index contributed by atoms with van der Waals surface area (Å²) in [5.41, 5.74) is 6.53. The Morgan fingerprint density at radius 2 is 1.43 bits per heavy atom. The van der Waals surface area contributed by atoms with E-state index >= 15 is 0 Å². The number of primary amides is 1. The van der Waals surface area contributed by atoms with Crippen LogP contribution in [0.5, 0.6) is 5.75 Å². The van der Waals surface area contributed by atoms with Crippen molar-refractivity contribution >= 4 is 5.91 Å². The zero-order chi connectivity index (χ0) is 20.5. The number of benzene rings is 1. The highest BCUT2D eigenvalue weighted by Gasteiger charge is 2.08. The van der Waals surface area contributed by atoms with Gasteiger partial charge in [0.05, 0.1) is 6.42 Å². The third-order valence-electron chi connectivity index (χ3n) is 5.29. The van der Waals surface area contributed by atoms with Crippen LogP contribution >= 0.6 is 0 Å². The van der Waals surface area contributed by atoms with Crippen LogP contribution in [0.3, 0.4) is 0 Å². The molecule has 1 aromatic carbocycles. The number of aryl methyl sites for hydroxylation is 1. The number of nitrogens with two attached hydrogens (primary N) is 1. The number of carbonyl (C=O) groups excluding carboxylic acids is 1. The van der Waals surface area contributed by atoms with Crippen molar-refractivity contribution in [1.29, 1.82) is 0 Å². The molecule has 160 valence electrons. The third-order valence-corrected chi connectivity index (χ3v) is 5.29. The van der Waals surface area contributed by atoms with Crippen LogP contribution in [0.1, 0.15) is 109 Å². The normalized spacial score (nSPS) is 12.1. The van der Waals surface area contributed by atoms with Crippen molar-refractivity contribution in [1.82, 2.24) is 0 Å². The maximum absolute atomic E-state index is 11.0. The molecule has 0 fully saturated rings. The number of ether oxygens (including phenoxy) is 1. The fourth-order valence-corrected chi connectivity index (χ4v) is 3.68. The summed E-state index contributed by atoms with van der Waals surface area (Å²) >= 11 is 0. The van der Waals surface area contributed by atoms with Gasteiger partial charge in [-0.3, -0.25) is 4.79 Å². The average molecular weight is 390 g/mol. The Morgan fingerprint density at radius 3 is 1.96 bits per heavy atom. The van der Waals surface area contributed by atoms with E-state index in [9.17, 15) is 4.79 Å². The number of amides is 1. The molecule has 1 unspecified atom stereocenters. The Morgan fingerprint density at radius 1 is 0.893 bits per heavy atom. The fourth-order valence-electron chi connectivity index (χ4n) is 3.68. The maximum Gasteiger partial charge on any atom is 0.221 e. The first-order chi connectivity index (χ1) is 13.6. The van der Waals surface area contributed by atoms with Crippen LogP contribution in [0.2, 0.25) is 0 Å². The van der Waals surface area contributed by atoms with Gasteiger partial charge >= 0.3 is 0 Å². The van der Waals surface area contributed by atoms with Gasteiger partial charge in [0.15, 0.2) is 0 Å². The molecule has 0 radical (unpaired) electrons. The first-order valence-corrected chi connectivity index (χ1v) is 11.7. The van der Waals surface area contributed by atoms with Crippen LogP contribution in [0.4, 0.5) is 0 Å². The minimum absolute atomic E-state index is 0.177. The van der Waals surface area contributed by atoms with E-state index in [1.807, 2.05) is 19.1 Å². The van der Waals surface area contributed by atoms with Crippen LogP contribution in [0.25, 0.3) is 0 Å². The van der Waals surface area contributed by atoms with Crippen molar-refractivity contribution in [3.8, 4) is 5.75 Å². The Kier molecular flexibility index (Phi) is 14.4. The second-order valence-electron chi connectivity index (χ2n) is 8.24. The molecule has 1 atom stereocenters. The molecule has 28 heavy (non-hydrogen) atoms. The van der Waals surface area contributed by atoms with E-state index in [0.29, 0.717) is 0 Å². The molecule has 0 aromatic heterocycles. The molecule has 0 heterocycles. The molecule has 0 bridgehead atoms. The highest BCUT2D eigenvalue weighted by molar-refractivity contribution is 5.74. The quantitative estimate of drug-likeness (QED) is 0.276. The summed E-state index contributed by atoms with van der Waals surface area (Å²) in [6, 6.07) is 8.23. The zero-order valence-electron chi connectivity index (χ0n) is 18.4. The summed E-state index contributed by atoms with van der Waals surface area (Å²) in [5.74, 6) is 0.511. The zero-order valence-corrected chi connectivity index (χ0v) is 18.4. The van der Waals surface area contributed by atoms with Gasteiger partial charge in [0, 0.05) is 0 Å². The van der Waals surface area contributed by atoms with Crippen molar-refractivity contribution in [3.05, 3.63) is 29.8 Å². The fraction of sp³-hybridized carbons (Fsp3) is 0.720. The highest BCUT2D eigenvalue weighted by Crippen LogP contribution is 2.18. The summed E-state index contributed by atoms with van der Waals surface area (Å²) in [6.45, 7) is 4.16. The van der Waals surface area contributed by atoms with E-state index in [-0.39, 0.29) is 18.4 Å². The summed E-state index contributed by atoms with van der Waals surface area (Å²) in [7, 11) is 0. The van der Waals surface area contributed by atoms with E-state index in [1.165, 1.54) is 89.0 Å². The number of carbonyl (C=O) groups is 1. The lowest BCUT2D eigenvalue weighted by Crippen LogP contribution is -2.22. The molecule has 0 aliphatic rings. The van der Waals surface area contributed by atoms with Crippen molar-refractivity contribution in [2.45, 2.75) is 116 Å². The minimum Gasteiger partial charge on any atom is -0.490 e. The molecule has 3 nitrogen and oxygen atoms in total. The highest BCUT2D eigenvalue weighted by atomic mass is 16.5. The summed E-state index contributed by atoms with van der Waals surface area (Å²) < 4.78 is 5.78. The average Bonchev–Trinajstić information content (AvgIpc) is 2.65. The molecule has 0 saturated heterocycles. The van der Waals surface area contributed by atoms with Gasteiger partial charge < -0.3 is 10.5 Å². The topological polar surface area (TPSA) is 52.3 Å². The standard InChI is InChI=1S/C25H43NO2/c1-3-4-5-6-7-8-9-10-11-12-13-14-15-17-23-18-16-19-24(21-23)28-22(2)20-25(26)27/h16,18-19,21-22H,3-15,17,20H2,1-2H3,(H2,26,27). The predicted molar refractivity (Wildman–Crippen MR) is 120 cm³/mol. The number of hydrogen-bond acceptors (Lipinski definition) is 2. The van der Waals surface area contributed by atoms with Crippen molar-refractivity contribution in [2.24, 2.45) is 5.73 Å². The monoisotopic (exact) mass is 389 g/mol. The van der Waals surface area contributed by atoms with Crippen molar-refractivity contribution in [2.75, 3.05) is 0 Å². The van der Waals surface area contributed by atoms with Crippen LogP contribution in [0.15, 0.2) is 24.3 Å². The molecular weight excluding hydrogens is 346 g/mol. The molecule has 1 amide bonds. The number of hydrogen-bond donors (Lipinski definition) is 1. The molecule has 0 aliphatic heterocycles. The molecule has 2 N–H and O–H groups in total. The predicted octanol–water partition coefficient (Wildman–Crippen LogP) is 6.96. The Bertz CT molecular complexity index is 515. The lowest BCUT2D eigenvalue weighted by atomic mass is 10.0. The van der Waals surface area contributed by atoms with Gasteiger partial charge in [-0.2, -0.15) is 0 Å². The second kappa shape index (κ2) is 16.4. The maximum atomic E-state index is 11.0. The van der Waals surface area contributed by atoms with E-state index in [4.69, 9.17) is 10.5 Å². The summed E-state index contributed by atoms with van der Waals surface area (Å²) in [4.78, 5) is 11.0. The molecule has 0 saturated carbocycles. The first kappa shape index (κ1) is 24.5. The van der Waals surface area contributed by atoms with Gasteiger partial charge in [0.1, 0.15) is 11.9 Å². The summed E-state index contributed by atoms with van der Waals surface area (Å²) in [5, 5.41) is 0. The van der Waals surface area contributed by atoms with Gasteiger partial charge in [0.25, 0.3) is 0 Å². The molecule has 1 rings (SSSR count). The van der Waals surface area contributed by atoms with Gasteiger partial charge in [-0.25, -0.2) is 0 Å². The summed E-state index contributed by atoms with van der Waals surface area (Å²) in [6.07, 6.45) is 19.2. The van der Waals surface area contributed by atoms with E-state index < -0.39 is 0 Å². The molecule has 0 aliphatic carbocycles. The largest absolute Gasteiger partial charge is 0.490 e. The lowest BCUT2D eigenvalue weighted by Gasteiger charge is -2.13. The Balaban J connectivity index is 2.01. The number of rotatable bonds is 18. The Labute approximate surface area is 173 Å². The first-order valence-electron chi connectivity index (χ1n) is 11.7. The minimum atomic E-state index is -0.323. The second-order valence-corrected chi connectivity index (χ2v) is 8.24. The van der Waals surface area contributed by atoms with Gasteiger partial charge in [-0.15, -0.1) is 0 Å². The smallest absolute Gasteiger partial charge is 0.221 e. The van der Waals surface area contributed by atoms with E-state index in [1.54, 1.807) is 0 Å². The van der Waals surface area contributed by atoms with E-state index in [2.05, 4.69) is 19.1 Å². The van der Waals surface area contributed by atoms with Crippen molar-refractivity contribution in [3.63, 3.8) is 0 Å². The lowest BCUT2D eigenvalue weighted by molar-refractivity contribution is -0.119. The van der Waals surface area contributed by atoms with Crippen LogP contribution < -0.4 is 10.5 Å². The van der Waals surface area contributed by atoms with Gasteiger partial charge in [0.2, 0.25) is 5.91 Å². The number of unbranched alkanes of at least 4 members (excludes halogenated alkanes) is 12. The van der Waals surface area contributed by atoms with Crippen molar-refractivity contribution < 1.29 is 9.53 Å². The Hall–Kier alpha value is -1.51. The third kappa shape index (κ3) is 13.6. The molecule has 3 heteroatoms. The van der Waals surface area contributed by atoms with Crippen LogP contribution in [-0.2, 0) is 11.2 Å². The molecule has 0 spiro atoms.